The van der Waals surface area contributed by atoms with E-state index in [2.05, 4.69) is 38.7 Å². The van der Waals surface area contributed by atoms with Crippen molar-refractivity contribution in [1.29, 1.82) is 0 Å². The lowest BCUT2D eigenvalue weighted by Crippen LogP contribution is -2.47. The summed E-state index contributed by atoms with van der Waals surface area (Å²) >= 11 is 1.66. The number of fused-ring (bicyclic) bond motifs is 1. The Bertz CT molecular complexity index is 1470. The molecule has 2 aromatic carbocycles. The Hall–Kier alpha value is -4.44. The first-order valence-electron chi connectivity index (χ1n) is 10.9. The summed E-state index contributed by atoms with van der Waals surface area (Å²) in [6.45, 7) is 6.11. The maximum Gasteiger partial charge on any atom is 0.323 e. The number of nitrogens with two attached hydrogens (primary N) is 1. The van der Waals surface area contributed by atoms with Crippen molar-refractivity contribution in [1.82, 2.24) is 30.7 Å². The number of para-hydroxylation sites is 1. The second-order valence-corrected chi connectivity index (χ2v) is 9.28. The minimum absolute atomic E-state index is 0.0159. The van der Waals surface area contributed by atoms with Crippen LogP contribution in [-0.4, -0.2) is 26.7 Å². The van der Waals surface area contributed by atoms with Crippen molar-refractivity contribution < 1.29 is 9.59 Å². The molecule has 0 saturated heterocycles. The summed E-state index contributed by atoms with van der Waals surface area (Å²) in [5.74, 6) is -0.486. The number of nitrogens with zero attached hydrogens (tertiary/aromatic N) is 3. The smallest absolute Gasteiger partial charge is 0.323 e. The van der Waals surface area contributed by atoms with Crippen molar-refractivity contribution in [3.8, 4) is 11.1 Å². The van der Waals surface area contributed by atoms with Crippen LogP contribution in [0.25, 0.3) is 21.3 Å². The average Bonchev–Trinajstić information content (AvgIpc) is 3.48. The zero-order valence-electron chi connectivity index (χ0n) is 18.9. The lowest BCUT2D eigenvalue weighted by molar-refractivity contribution is -0.118. The van der Waals surface area contributed by atoms with Crippen molar-refractivity contribution in [2.75, 3.05) is 0 Å². The fraction of sp³-hybridized carbons (Fsp3) is 0.120. The molecule has 1 atom stereocenters. The molecule has 0 unspecified atom stereocenters. The van der Waals surface area contributed by atoms with Crippen LogP contribution in [0.15, 0.2) is 84.6 Å². The number of benzene rings is 2. The van der Waals surface area contributed by atoms with Crippen molar-refractivity contribution in [3.63, 3.8) is 0 Å². The van der Waals surface area contributed by atoms with Gasteiger partial charge in [0.15, 0.2) is 0 Å². The second-order valence-electron chi connectivity index (χ2n) is 8.17. The first-order chi connectivity index (χ1) is 16.9. The molecule has 5 N–H and O–H groups in total. The Morgan fingerprint density at radius 1 is 1.20 bits per heavy atom. The Kier molecular flexibility index (Phi) is 5.79. The van der Waals surface area contributed by atoms with E-state index < -0.39 is 11.9 Å². The first-order valence-corrected chi connectivity index (χ1v) is 11.7. The topological polar surface area (TPSA) is 127 Å². The van der Waals surface area contributed by atoms with Gasteiger partial charge in [-0.05, 0) is 36.2 Å². The van der Waals surface area contributed by atoms with Crippen LogP contribution in [0, 0.1) is 0 Å². The molecule has 176 valence electrons. The zero-order valence-corrected chi connectivity index (χ0v) is 19.7. The predicted octanol–water partition coefficient (Wildman–Crippen LogP) is 3.38. The van der Waals surface area contributed by atoms with Crippen molar-refractivity contribution in [3.05, 3.63) is 95.2 Å². The highest BCUT2D eigenvalue weighted by Crippen LogP contribution is 2.25. The number of amides is 3. The molecular weight excluding hydrogens is 462 g/mol. The molecule has 2 aromatic heterocycles. The summed E-state index contributed by atoms with van der Waals surface area (Å²) in [5.41, 5.74) is 10.0. The van der Waals surface area contributed by atoms with Crippen LogP contribution in [-0.2, 0) is 11.3 Å². The van der Waals surface area contributed by atoms with Crippen molar-refractivity contribution in [2.24, 2.45) is 5.73 Å². The lowest BCUT2D eigenvalue weighted by Gasteiger charge is -2.22. The van der Waals surface area contributed by atoms with Gasteiger partial charge in [0.05, 0.1) is 40.4 Å². The molecule has 0 spiro atoms. The third-order valence-electron chi connectivity index (χ3n) is 5.66. The van der Waals surface area contributed by atoms with Gasteiger partial charge in [0.25, 0.3) is 5.91 Å². The van der Waals surface area contributed by atoms with Crippen LogP contribution in [0.3, 0.4) is 0 Å². The van der Waals surface area contributed by atoms with Crippen LogP contribution in [0.2, 0.25) is 0 Å². The van der Waals surface area contributed by atoms with Crippen molar-refractivity contribution >= 4 is 33.5 Å². The SMILES string of the molecule is C=C1NC(=O)NC(C(=O)N[C@H](C)c2cccc(-c3cnn(Cc4nc5ccccc5s4)c3)c2)=C1N. The summed E-state index contributed by atoms with van der Waals surface area (Å²) in [6.07, 6.45) is 3.80. The zero-order chi connectivity index (χ0) is 24.5. The molecule has 3 heterocycles. The molecule has 9 nitrogen and oxygen atoms in total. The van der Waals surface area contributed by atoms with E-state index in [1.54, 1.807) is 11.3 Å². The molecule has 0 aliphatic carbocycles. The van der Waals surface area contributed by atoms with E-state index >= 15 is 0 Å². The summed E-state index contributed by atoms with van der Waals surface area (Å²) < 4.78 is 3.02. The fourth-order valence-electron chi connectivity index (χ4n) is 3.81. The van der Waals surface area contributed by atoms with Crippen molar-refractivity contribution in [2.45, 2.75) is 19.5 Å². The van der Waals surface area contributed by atoms with Gasteiger partial charge in [-0.1, -0.05) is 36.9 Å². The Morgan fingerprint density at radius 3 is 2.86 bits per heavy atom. The molecule has 5 rings (SSSR count). The van der Waals surface area contributed by atoms with Gasteiger partial charge in [-0.25, -0.2) is 9.78 Å². The van der Waals surface area contributed by atoms with Crippen LogP contribution < -0.4 is 21.7 Å². The molecule has 1 aliphatic heterocycles. The van der Waals surface area contributed by atoms with Crippen LogP contribution >= 0.6 is 11.3 Å². The molecular formula is C25H23N7O2S. The number of aromatic nitrogens is 3. The summed E-state index contributed by atoms with van der Waals surface area (Å²) in [4.78, 5) is 29.1. The third kappa shape index (κ3) is 4.64. The largest absolute Gasteiger partial charge is 0.395 e. The number of thiazole rings is 1. The number of carbonyl (C=O) groups excluding carboxylic acids is 2. The molecule has 3 amide bonds. The minimum atomic E-state index is -0.549. The number of rotatable bonds is 6. The van der Waals surface area contributed by atoms with Crippen LogP contribution in [0.5, 0.6) is 0 Å². The van der Waals surface area contributed by atoms with Gasteiger partial charge >= 0.3 is 6.03 Å². The predicted molar refractivity (Wildman–Crippen MR) is 135 cm³/mol. The summed E-state index contributed by atoms with van der Waals surface area (Å²) in [7, 11) is 0. The van der Waals surface area contributed by atoms with Gasteiger partial charge in [-0.2, -0.15) is 5.10 Å². The van der Waals surface area contributed by atoms with Gasteiger partial charge in [-0.3, -0.25) is 9.48 Å². The Labute approximate surface area is 205 Å². The second kappa shape index (κ2) is 9.07. The normalized spacial score (nSPS) is 14.5. The van der Waals surface area contributed by atoms with E-state index in [0.717, 1.165) is 31.9 Å². The van der Waals surface area contributed by atoms with E-state index in [0.29, 0.717) is 6.54 Å². The highest BCUT2D eigenvalue weighted by Gasteiger charge is 2.25. The molecule has 0 saturated carbocycles. The van der Waals surface area contributed by atoms with Gasteiger partial charge < -0.3 is 21.7 Å². The highest BCUT2D eigenvalue weighted by atomic mass is 32.1. The van der Waals surface area contributed by atoms with E-state index in [1.165, 1.54) is 0 Å². The third-order valence-corrected chi connectivity index (χ3v) is 6.68. The molecule has 35 heavy (non-hydrogen) atoms. The standard InChI is InChI=1S/C25H23N7O2S/c1-14(28-24(33)23-22(26)15(2)29-25(34)31-23)16-6-5-7-17(10-16)18-11-27-32(12-18)13-21-30-19-8-3-4-9-20(19)35-21/h3-12,14H,2,13,26H2,1H3,(H,28,33)(H2,29,31,34)/t14-/m1/s1. The molecule has 0 radical (unpaired) electrons. The highest BCUT2D eigenvalue weighted by molar-refractivity contribution is 7.18. The van der Waals surface area contributed by atoms with E-state index in [9.17, 15) is 9.59 Å². The van der Waals surface area contributed by atoms with E-state index in [4.69, 9.17) is 5.73 Å². The maximum absolute atomic E-state index is 12.7. The van der Waals surface area contributed by atoms with Crippen LogP contribution in [0.1, 0.15) is 23.5 Å². The van der Waals surface area contributed by atoms with E-state index in [-0.39, 0.29) is 23.1 Å². The minimum Gasteiger partial charge on any atom is -0.395 e. The summed E-state index contributed by atoms with van der Waals surface area (Å²) in [5, 5.41) is 13.2. The first kappa shape index (κ1) is 22.4. The number of nitrogens with one attached hydrogen (secondary N) is 3. The monoisotopic (exact) mass is 485 g/mol. The maximum atomic E-state index is 12.7. The summed E-state index contributed by atoms with van der Waals surface area (Å²) in [6, 6.07) is 15.0. The van der Waals surface area contributed by atoms with Gasteiger partial charge in [0, 0.05) is 11.8 Å². The lowest BCUT2D eigenvalue weighted by atomic mass is 10.0. The number of carbonyl (C=O) groups is 2. The quantitative estimate of drug-likeness (QED) is 0.333. The van der Waals surface area contributed by atoms with Gasteiger partial charge in [0.1, 0.15) is 10.7 Å². The molecule has 10 heteroatoms. The number of hydrogen-bond donors (Lipinski definition) is 4. The van der Waals surface area contributed by atoms with E-state index in [1.807, 2.05) is 66.5 Å². The fourth-order valence-corrected chi connectivity index (χ4v) is 4.77. The average molecular weight is 486 g/mol. The molecule has 1 aliphatic rings. The number of urea groups is 1. The van der Waals surface area contributed by atoms with Crippen LogP contribution in [0.4, 0.5) is 4.79 Å². The van der Waals surface area contributed by atoms with Gasteiger partial charge in [-0.15, -0.1) is 11.3 Å². The Morgan fingerprint density at radius 2 is 2.03 bits per heavy atom. The Balaban J connectivity index is 1.30. The molecule has 0 fully saturated rings. The molecule has 0 bridgehead atoms. The molecule has 4 aromatic rings. The number of hydrogen-bond acceptors (Lipinski definition) is 6. The van der Waals surface area contributed by atoms with Gasteiger partial charge in [0.2, 0.25) is 0 Å².